The van der Waals surface area contributed by atoms with E-state index >= 15 is 0 Å². The summed E-state index contributed by atoms with van der Waals surface area (Å²) in [6.07, 6.45) is 0. The lowest BCUT2D eigenvalue weighted by atomic mass is 10.1. The van der Waals surface area contributed by atoms with Crippen LogP contribution in [0.5, 0.6) is 17.2 Å². The number of halogens is 1. The summed E-state index contributed by atoms with van der Waals surface area (Å²) in [4.78, 5) is 0. The van der Waals surface area contributed by atoms with E-state index in [1.807, 2.05) is 18.2 Å². The second-order valence-corrected chi connectivity index (χ2v) is 4.77. The van der Waals surface area contributed by atoms with Crippen molar-refractivity contribution in [3.05, 3.63) is 53.8 Å². The average Bonchev–Trinajstić information content (AvgIpc) is 2.53. The van der Waals surface area contributed by atoms with Crippen LogP contribution in [0.2, 0.25) is 0 Å². The van der Waals surface area contributed by atoms with Gasteiger partial charge in [-0.25, -0.2) is 4.39 Å². The Morgan fingerprint density at radius 3 is 2.52 bits per heavy atom. The van der Waals surface area contributed by atoms with Crippen molar-refractivity contribution in [3.8, 4) is 17.2 Å². The number of rotatable bonds is 4. The molecule has 1 atom stereocenters. The molecule has 2 N–H and O–H groups in total. The fraction of sp³-hybridized carbons (Fsp3) is 0.250. The smallest absolute Gasteiger partial charge is 0.161 e. The number of ether oxygens (including phenoxy) is 3. The molecule has 1 heterocycles. The lowest BCUT2D eigenvalue weighted by Crippen LogP contribution is -2.20. The average molecular weight is 289 g/mol. The minimum atomic E-state index is -0.300. The van der Waals surface area contributed by atoms with Crippen LogP contribution in [0.25, 0.3) is 0 Å². The van der Waals surface area contributed by atoms with Crippen LogP contribution in [0.3, 0.4) is 0 Å². The van der Waals surface area contributed by atoms with Gasteiger partial charge in [-0.1, -0.05) is 6.07 Å². The Bertz CT molecular complexity index is 615. The quantitative estimate of drug-likeness (QED) is 0.940. The maximum atomic E-state index is 12.8. The zero-order valence-corrected chi connectivity index (χ0v) is 11.4. The van der Waals surface area contributed by atoms with Gasteiger partial charge in [-0.2, -0.15) is 0 Å². The van der Waals surface area contributed by atoms with E-state index in [1.165, 1.54) is 12.1 Å². The van der Waals surface area contributed by atoms with Crippen molar-refractivity contribution in [1.29, 1.82) is 0 Å². The molecule has 2 aromatic rings. The first kappa shape index (κ1) is 13.7. The van der Waals surface area contributed by atoms with E-state index in [0.29, 0.717) is 31.3 Å². The summed E-state index contributed by atoms with van der Waals surface area (Å²) in [5, 5.41) is 0. The van der Waals surface area contributed by atoms with Crippen LogP contribution in [-0.4, -0.2) is 19.8 Å². The van der Waals surface area contributed by atoms with Crippen molar-refractivity contribution in [3.63, 3.8) is 0 Å². The van der Waals surface area contributed by atoms with Gasteiger partial charge >= 0.3 is 0 Å². The van der Waals surface area contributed by atoms with Gasteiger partial charge in [-0.15, -0.1) is 0 Å². The van der Waals surface area contributed by atoms with Gasteiger partial charge in [-0.05, 0) is 42.0 Å². The highest BCUT2D eigenvalue weighted by Gasteiger charge is 2.15. The van der Waals surface area contributed by atoms with E-state index in [9.17, 15) is 4.39 Å². The van der Waals surface area contributed by atoms with Gasteiger partial charge in [0.05, 0.1) is 6.04 Å². The molecule has 0 amide bonds. The third kappa shape index (κ3) is 3.25. The Hall–Kier alpha value is -2.27. The molecule has 0 bridgehead atoms. The second kappa shape index (κ2) is 6.01. The Labute approximate surface area is 122 Å². The van der Waals surface area contributed by atoms with E-state index in [4.69, 9.17) is 19.9 Å². The zero-order chi connectivity index (χ0) is 14.7. The molecule has 0 saturated carbocycles. The van der Waals surface area contributed by atoms with E-state index < -0.39 is 0 Å². The van der Waals surface area contributed by atoms with Crippen molar-refractivity contribution < 1.29 is 18.6 Å². The number of hydrogen-bond acceptors (Lipinski definition) is 4. The predicted molar refractivity (Wildman–Crippen MR) is 76.3 cm³/mol. The van der Waals surface area contributed by atoms with Gasteiger partial charge in [-0.3, -0.25) is 0 Å². The van der Waals surface area contributed by atoms with Gasteiger partial charge in [0.2, 0.25) is 0 Å². The molecule has 0 saturated heterocycles. The van der Waals surface area contributed by atoms with Crippen LogP contribution in [0.15, 0.2) is 42.5 Å². The lowest BCUT2D eigenvalue weighted by molar-refractivity contribution is 0.171. The molecule has 0 fully saturated rings. The highest BCUT2D eigenvalue weighted by molar-refractivity contribution is 5.44. The fourth-order valence-corrected chi connectivity index (χ4v) is 2.10. The maximum Gasteiger partial charge on any atom is 0.161 e. The monoisotopic (exact) mass is 289 g/mol. The summed E-state index contributed by atoms with van der Waals surface area (Å²) >= 11 is 0. The first-order valence-corrected chi connectivity index (χ1v) is 6.76. The molecule has 0 aromatic heterocycles. The van der Waals surface area contributed by atoms with Gasteiger partial charge in [0, 0.05) is 0 Å². The molecule has 3 rings (SSSR count). The molecule has 0 spiro atoms. The van der Waals surface area contributed by atoms with Crippen molar-refractivity contribution in [2.75, 3.05) is 19.8 Å². The molecule has 1 aliphatic rings. The third-order valence-electron chi connectivity index (χ3n) is 3.24. The predicted octanol–water partition coefficient (Wildman–Crippen LogP) is 2.68. The van der Waals surface area contributed by atoms with E-state index in [0.717, 1.165) is 11.3 Å². The molecule has 5 heteroatoms. The molecular formula is C16H16FNO3. The number of nitrogens with two attached hydrogens (primary N) is 1. The molecule has 0 radical (unpaired) electrons. The number of fused-ring (bicyclic) bond motifs is 1. The van der Waals surface area contributed by atoms with Crippen LogP contribution < -0.4 is 19.9 Å². The topological polar surface area (TPSA) is 53.7 Å². The summed E-state index contributed by atoms with van der Waals surface area (Å²) in [6.45, 7) is 1.40. The minimum Gasteiger partial charge on any atom is -0.492 e. The van der Waals surface area contributed by atoms with Crippen LogP contribution in [-0.2, 0) is 0 Å². The Kier molecular flexibility index (Phi) is 3.92. The summed E-state index contributed by atoms with van der Waals surface area (Å²) < 4.78 is 29.4. The van der Waals surface area contributed by atoms with Crippen LogP contribution in [0, 0.1) is 5.82 Å². The summed E-state index contributed by atoms with van der Waals surface area (Å²) in [5.41, 5.74) is 7.01. The van der Waals surface area contributed by atoms with Crippen molar-refractivity contribution in [2.45, 2.75) is 6.04 Å². The molecule has 1 unspecified atom stereocenters. The SMILES string of the molecule is NC(COc1ccc(F)cc1)c1ccc2c(c1)OCCO2. The summed E-state index contributed by atoms with van der Waals surface area (Å²) in [6, 6.07) is 11.2. The summed E-state index contributed by atoms with van der Waals surface area (Å²) in [7, 11) is 0. The lowest BCUT2D eigenvalue weighted by Gasteiger charge is -2.20. The highest BCUT2D eigenvalue weighted by Crippen LogP contribution is 2.32. The number of benzene rings is 2. The molecular weight excluding hydrogens is 273 g/mol. The van der Waals surface area contributed by atoms with Crippen LogP contribution in [0.1, 0.15) is 11.6 Å². The van der Waals surface area contributed by atoms with Crippen LogP contribution in [0.4, 0.5) is 4.39 Å². The second-order valence-electron chi connectivity index (χ2n) is 4.77. The Morgan fingerprint density at radius 1 is 1.05 bits per heavy atom. The van der Waals surface area contributed by atoms with Crippen LogP contribution >= 0.6 is 0 Å². The normalized spacial score (nSPS) is 14.6. The van der Waals surface area contributed by atoms with Gasteiger partial charge in [0.25, 0.3) is 0 Å². The van der Waals surface area contributed by atoms with Gasteiger partial charge in [0.15, 0.2) is 11.5 Å². The Morgan fingerprint density at radius 2 is 1.76 bits per heavy atom. The van der Waals surface area contributed by atoms with Crippen molar-refractivity contribution in [2.24, 2.45) is 5.73 Å². The minimum absolute atomic E-state index is 0.293. The number of hydrogen-bond donors (Lipinski definition) is 1. The fourth-order valence-electron chi connectivity index (χ4n) is 2.10. The first-order valence-electron chi connectivity index (χ1n) is 6.76. The van der Waals surface area contributed by atoms with Gasteiger partial charge < -0.3 is 19.9 Å². The van der Waals surface area contributed by atoms with Crippen molar-refractivity contribution in [1.82, 2.24) is 0 Å². The standard InChI is InChI=1S/C16H16FNO3/c17-12-2-4-13(5-3-12)21-10-14(18)11-1-6-15-16(9-11)20-8-7-19-15/h1-6,9,14H,7-8,10,18H2. The first-order chi connectivity index (χ1) is 10.2. The third-order valence-corrected chi connectivity index (χ3v) is 3.24. The van der Waals surface area contributed by atoms with E-state index in [-0.39, 0.29) is 11.9 Å². The summed E-state index contributed by atoms with van der Waals surface area (Å²) in [5.74, 6) is 1.73. The molecule has 1 aliphatic heterocycles. The molecule has 21 heavy (non-hydrogen) atoms. The molecule has 110 valence electrons. The van der Waals surface area contributed by atoms with Gasteiger partial charge in [0.1, 0.15) is 31.4 Å². The van der Waals surface area contributed by atoms with E-state index in [2.05, 4.69) is 0 Å². The zero-order valence-electron chi connectivity index (χ0n) is 11.4. The van der Waals surface area contributed by atoms with Crippen molar-refractivity contribution >= 4 is 0 Å². The maximum absolute atomic E-state index is 12.8. The molecule has 0 aliphatic carbocycles. The Balaban J connectivity index is 1.65. The largest absolute Gasteiger partial charge is 0.492 e. The molecule has 2 aromatic carbocycles. The highest BCUT2D eigenvalue weighted by atomic mass is 19.1. The molecule has 4 nitrogen and oxygen atoms in total. The van der Waals surface area contributed by atoms with E-state index in [1.54, 1.807) is 12.1 Å².